The van der Waals surface area contributed by atoms with Crippen molar-refractivity contribution in [3.05, 3.63) is 22.7 Å². The van der Waals surface area contributed by atoms with Crippen LogP contribution in [0.4, 0.5) is 0 Å². The number of hydrogen-bond donors (Lipinski definition) is 3. The first-order valence-corrected chi connectivity index (χ1v) is 3.93. The van der Waals surface area contributed by atoms with E-state index in [1.54, 1.807) is 6.07 Å². The second-order valence-electron chi connectivity index (χ2n) is 2.48. The summed E-state index contributed by atoms with van der Waals surface area (Å²) in [4.78, 5) is 0. The molecule has 0 fully saturated rings. The molecule has 0 aliphatic rings. The Balaban J connectivity index is 3.04. The molecule has 0 heterocycles. The van der Waals surface area contributed by atoms with E-state index in [1.165, 1.54) is 6.07 Å². The molecule has 0 aliphatic heterocycles. The summed E-state index contributed by atoms with van der Waals surface area (Å²) in [5.41, 5.74) is 6.13. The van der Waals surface area contributed by atoms with E-state index < -0.39 is 0 Å². The van der Waals surface area contributed by atoms with Crippen LogP contribution in [-0.4, -0.2) is 16.8 Å². The summed E-state index contributed by atoms with van der Waals surface area (Å²) < 4.78 is 0. The van der Waals surface area contributed by atoms with E-state index in [0.717, 1.165) is 5.56 Å². The fourth-order valence-corrected chi connectivity index (χ4v) is 1.19. The van der Waals surface area contributed by atoms with Crippen molar-refractivity contribution in [3.63, 3.8) is 0 Å². The topological polar surface area (TPSA) is 66.5 Å². The molecule has 0 unspecified atom stereocenters. The monoisotopic (exact) mass is 187 g/mol. The molecule has 0 aromatic heterocycles. The van der Waals surface area contributed by atoms with Gasteiger partial charge in [0, 0.05) is 0 Å². The van der Waals surface area contributed by atoms with E-state index >= 15 is 0 Å². The van der Waals surface area contributed by atoms with Crippen molar-refractivity contribution in [1.82, 2.24) is 0 Å². The van der Waals surface area contributed by atoms with Crippen molar-refractivity contribution in [3.8, 4) is 11.5 Å². The molecule has 1 aromatic rings. The van der Waals surface area contributed by atoms with Gasteiger partial charge >= 0.3 is 0 Å². The van der Waals surface area contributed by atoms with Gasteiger partial charge in [-0.3, -0.25) is 0 Å². The summed E-state index contributed by atoms with van der Waals surface area (Å²) in [6.07, 6.45) is 0.632. The van der Waals surface area contributed by atoms with E-state index in [9.17, 15) is 0 Å². The third kappa shape index (κ3) is 1.81. The average molecular weight is 188 g/mol. The van der Waals surface area contributed by atoms with E-state index in [1.807, 2.05) is 0 Å². The van der Waals surface area contributed by atoms with Gasteiger partial charge in [-0.15, -0.1) is 0 Å². The summed E-state index contributed by atoms with van der Waals surface area (Å²) >= 11 is 5.60. The summed E-state index contributed by atoms with van der Waals surface area (Å²) in [7, 11) is 0. The molecule has 1 aromatic carbocycles. The van der Waals surface area contributed by atoms with Crippen molar-refractivity contribution < 1.29 is 10.2 Å². The highest BCUT2D eigenvalue weighted by Crippen LogP contribution is 2.33. The molecule has 4 heteroatoms. The Morgan fingerprint density at radius 2 is 2.00 bits per heavy atom. The number of phenolic OH excluding ortho intramolecular Hbond substituents is 2. The zero-order valence-electron chi connectivity index (χ0n) is 6.42. The lowest BCUT2D eigenvalue weighted by atomic mass is 10.1. The van der Waals surface area contributed by atoms with Gasteiger partial charge in [-0.25, -0.2) is 0 Å². The molecule has 66 valence electrons. The maximum absolute atomic E-state index is 9.13. The van der Waals surface area contributed by atoms with Gasteiger partial charge in [0.05, 0.1) is 5.02 Å². The van der Waals surface area contributed by atoms with Crippen LogP contribution in [0.1, 0.15) is 5.56 Å². The number of rotatable bonds is 2. The van der Waals surface area contributed by atoms with Crippen LogP contribution in [0.2, 0.25) is 5.02 Å². The quantitative estimate of drug-likeness (QED) is 0.611. The zero-order chi connectivity index (χ0) is 9.14. The maximum atomic E-state index is 9.13. The van der Waals surface area contributed by atoms with Crippen LogP contribution in [0.5, 0.6) is 11.5 Å². The minimum absolute atomic E-state index is 0.151. The van der Waals surface area contributed by atoms with Crippen LogP contribution in [0.25, 0.3) is 0 Å². The highest BCUT2D eigenvalue weighted by atomic mass is 35.5. The third-order valence-electron chi connectivity index (χ3n) is 1.54. The molecule has 0 aliphatic carbocycles. The Morgan fingerprint density at radius 1 is 1.33 bits per heavy atom. The molecule has 3 nitrogen and oxygen atoms in total. The molecule has 0 saturated heterocycles. The molecule has 0 radical (unpaired) electrons. The molecule has 0 amide bonds. The van der Waals surface area contributed by atoms with Crippen molar-refractivity contribution in [2.24, 2.45) is 5.73 Å². The van der Waals surface area contributed by atoms with Crippen LogP contribution >= 0.6 is 11.6 Å². The van der Waals surface area contributed by atoms with Crippen LogP contribution in [0, 0.1) is 0 Å². The first-order valence-electron chi connectivity index (χ1n) is 3.55. The number of phenols is 2. The molecule has 0 atom stereocenters. The second kappa shape index (κ2) is 3.65. The summed E-state index contributed by atoms with van der Waals surface area (Å²) in [6, 6.07) is 3.04. The van der Waals surface area contributed by atoms with Gasteiger partial charge in [0.25, 0.3) is 0 Å². The predicted molar refractivity (Wildman–Crippen MR) is 47.5 cm³/mol. The maximum Gasteiger partial charge on any atom is 0.176 e. The third-order valence-corrected chi connectivity index (χ3v) is 1.82. The first kappa shape index (κ1) is 9.16. The molecular weight excluding hydrogens is 178 g/mol. The Bertz CT molecular complexity index is 265. The number of hydrogen-bond acceptors (Lipinski definition) is 3. The molecule has 0 spiro atoms. The van der Waals surface area contributed by atoms with Crippen molar-refractivity contribution >= 4 is 11.6 Å². The van der Waals surface area contributed by atoms with E-state index in [-0.39, 0.29) is 16.5 Å². The molecule has 12 heavy (non-hydrogen) atoms. The van der Waals surface area contributed by atoms with E-state index in [2.05, 4.69) is 0 Å². The number of halogens is 1. The fourth-order valence-electron chi connectivity index (χ4n) is 0.950. The predicted octanol–water partition coefficient (Wildman–Crippen LogP) is 1.25. The Morgan fingerprint density at radius 3 is 2.50 bits per heavy atom. The minimum Gasteiger partial charge on any atom is -0.504 e. The van der Waals surface area contributed by atoms with Crippen LogP contribution < -0.4 is 5.73 Å². The summed E-state index contributed by atoms with van der Waals surface area (Å²) in [5.74, 6) is -0.483. The van der Waals surface area contributed by atoms with Gasteiger partial charge in [-0.05, 0) is 30.7 Å². The molecule has 4 N–H and O–H groups in total. The van der Waals surface area contributed by atoms with Gasteiger partial charge in [0.2, 0.25) is 0 Å². The van der Waals surface area contributed by atoms with E-state index in [4.69, 9.17) is 27.5 Å². The Kier molecular flexibility index (Phi) is 2.78. The lowest BCUT2D eigenvalue weighted by Gasteiger charge is -2.03. The smallest absolute Gasteiger partial charge is 0.176 e. The molecule has 1 rings (SSSR count). The normalized spacial score (nSPS) is 10.2. The second-order valence-corrected chi connectivity index (χ2v) is 2.89. The fraction of sp³-hybridized carbons (Fsp3) is 0.250. The number of aromatic hydroxyl groups is 2. The molecule has 0 bridgehead atoms. The number of benzene rings is 1. The van der Waals surface area contributed by atoms with Gasteiger partial charge in [-0.1, -0.05) is 11.6 Å². The van der Waals surface area contributed by atoms with Crippen molar-refractivity contribution in [2.75, 3.05) is 6.54 Å². The van der Waals surface area contributed by atoms with Gasteiger partial charge in [0.1, 0.15) is 0 Å². The summed E-state index contributed by atoms with van der Waals surface area (Å²) in [6.45, 7) is 0.487. The van der Waals surface area contributed by atoms with Crippen LogP contribution in [0.15, 0.2) is 12.1 Å². The lowest BCUT2D eigenvalue weighted by molar-refractivity contribution is 0.403. The van der Waals surface area contributed by atoms with Gasteiger partial charge in [-0.2, -0.15) is 0 Å². The van der Waals surface area contributed by atoms with Gasteiger partial charge < -0.3 is 15.9 Å². The van der Waals surface area contributed by atoms with Crippen molar-refractivity contribution in [1.29, 1.82) is 0 Å². The highest BCUT2D eigenvalue weighted by molar-refractivity contribution is 6.32. The van der Waals surface area contributed by atoms with Crippen LogP contribution in [0.3, 0.4) is 0 Å². The highest BCUT2D eigenvalue weighted by Gasteiger charge is 2.06. The minimum atomic E-state index is -0.280. The zero-order valence-corrected chi connectivity index (χ0v) is 7.17. The van der Waals surface area contributed by atoms with Gasteiger partial charge in [0.15, 0.2) is 11.5 Å². The SMILES string of the molecule is NCCc1cc(O)c(O)c(Cl)c1. The van der Waals surface area contributed by atoms with Crippen molar-refractivity contribution in [2.45, 2.75) is 6.42 Å². The average Bonchev–Trinajstić information content (AvgIpc) is 2.01. The standard InChI is InChI=1S/C8H10ClNO2/c9-6-3-5(1-2-10)4-7(11)8(6)12/h3-4,11-12H,1-2,10H2. The first-order chi connectivity index (χ1) is 5.65. The largest absolute Gasteiger partial charge is 0.504 e. The van der Waals surface area contributed by atoms with E-state index in [0.29, 0.717) is 13.0 Å². The summed E-state index contributed by atoms with van der Waals surface area (Å²) in [5, 5.41) is 18.4. The Hall–Kier alpha value is -0.930. The van der Waals surface area contributed by atoms with Crippen LogP contribution in [-0.2, 0) is 6.42 Å². The molecule has 0 saturated carbocycles. The molecular formula is C8H10ClNO2. The Labute approximate surface area is 75.4 Å². The number of nitrogens with two attached hydrogens (primary N) is 1. The lowest BCUT2D eigenvalue weighted by Crippen LogP contribution is -2.02.